The number of terminal acetylenes is 1. The molecule has 0 aromatic heterocycles. The van der Waals surface area contributed by atoms with Crippen molar-refractivity contribution in [2.24, 2.45) is 0 Å². The summed E-state index contributed by atoms with van der Waals surface area (Å²) in [5.74, 6) is 3.04. The molecule has 0 spiro atoms. The average molecular weight is 169 g/mol. The highest BCUT2D eigenvalue weighted by atomic mass is 32.2. The maximum Gasteiger partial charge on any atom is 0.133 e. The highest BCUT2D eigenvalue weighted by Crippen LogP contribution is 2.03. The van der Waals surface area contributed by atoms with Gasteiger partial charge in [0.15, 0.2) is 0 Å². The molecule has 0 N–H and O–H groups in total. The van der Waals surface area contributed by atoms with E-state index >= 15 is 0 Å². The molecule has 0 heterocycles. The van der Waals surface area contributed by atoms with Crippen LogP contribution in [0.2, 0.25) is 0 Å². The lowest BCUT2D eigenvalue weighted by molar-refractivity contribution is 0.107. The summed E-state index contributed by atoms with van der Waals surface area (Å²) in [6.45, 7) is 2.69. The summed E-state index contributed by atoms with van der Waals surface area (Å²) in [7, 11) is 0. The summed E-state index contributed by atoms with van der Waals surface area (Å²) in [5, 5.41) is 10.2. The van der Waals surface area contributed by atoms with Crippen LogP contribution in [0.5, 0.6) is 0 Å². The molecule has 0 saturated carbocycles. The van der Waals surface area contributed by atoms with Crippen LogP contribution in [0.3, 0.4) is 0 Å². The van der Waals surface area contributed by atoms with Crippen molar-refractivity contribution >= 4 is 11.8 Å². The zero-order valence-corrected chi connectivity index (χ0v) is 7.36. The van der Waals surface area contributed by atoms with Crippen LogP contribution in [-0.2, 0) is 4.74 Å². The summed E-state index contributed by atoms with van der Waals surface area (Å²) in [4.78, 5) is 0. The minimum atomic E-state index is -0.209. The molecule has 0 aliphatic heterocycles. The number of thiocyanates is 1. The van der Waals surface area contributed by atoms with E-state index in [0.717, 1.165) is 18.2 Å². The number of nitriles is 1. The van der Waals surface area contributed by atoms with Gasteiger partial charge in [-0.1, -0.05) is 12.8 Å². The largest absolute Gasteiger partial charge is 0.365 e. The van der Waals surface area contributed by atoms with Crippen molar-refractivity contribution in [2.75, 3.05) is 12.4 Å². The summed E-state index contributed by atoms with van der Waals surface area (Å²) in [6.07, 6.45) is 5.90. The summed E-state index contributed by atoms with van der Waals surface area (Å²) in [6, 6.07) is 0. The van der Waals surface area contributed by atoms with E-state index in [9.17, 15) is 0 Å². The monoisotopic (exact) mass is 169 g/mol. The van der Waals surface area contributed by atoms with Crippen molar-refractivity contribution in [1.29, 1.82) is 5.26 Å². The van der Waals surface area contributed by atoms with E-state index in [4.69, 9.17) is 16.4 Å². The molecule has 0 rings (SSSR count). The van der Waals surface area contributed by atoms with Crippen molar-refractivity contribution in [3.8, 4) is 17.7 Å². The Balaban J connectivity index is 3.45. The lowest BCUT2D eigenvalue weighted by atomic mass is 10.4. The quantitative estimate of drug-likeness (QED) is 0.463. The third-order valence-corrected chi connectivity index (χ3v) is 1.61. The van der Waals surface area contributed by atoms with Crippen LogP contribution in [-0.4, -0.2) is 18.5 Å². The van der Waals surface area contributed by atoms with Crippen molar-refractivity contribution in [2.45, 2.75) is 19.4 Å². The van der Waals surface area contributed by atoms with E-state index in [-0.39, 0.29) is 6.10 Å². The Labute approximate surface area is 71.9 Å². The molecule has 3 heteroatoms. The zero-order valence-electron chi connectivity index (χ0n) is 6.54. The standard InChI is InChI=1S/C8H11NOS/c1-3-5-10-8(4-2)6-11-7-9/h2,8H,3,5-6H2,1H3. The van der Waals surface area contributed by atoms with Gasteiger partial charge >= 0.3 is 0 Å². The molecule has 0 aliphatic carbocycles. The maximum absolute atomic E-state index is 8.22. The SMILES string of the molecule is C#CC(CSC#N)OCCC. The van der Waals surface area contributed by atoms with E-state index in [2.05, 4.69) is 5.92 Å². The normalized spacial score (nSPS) is 11.5. The molecule has 1 unspecified atom stereocenters. The molecule has 0 fully saturated rings. The third kappa shape index (κ3) is 5.79. The fourth-order valence-corrected chi connectivity index (χ4v) is 0.936. The van der Waals surface area contributed by atoms with Gasteiger partial charge in [-0.15, -0.1) is 6.42 Å². The Morgan fingerprint density at radius 1 is 1.73 bits per heavy atom. The first-order valence-corrected chi connectivity index (χ1v) is 4.42. The Morgan fingerprint density at radius 2 is 2.45 bits per heavy atom. The highest BCUT2D eigenvalue weighted by molar-refractivity contribution is 8.03. The molecule has 60 valence electrons. The van der Waals surface area contributed by atoms with E-state index in [1.165, 1.54) is 0 Å². The fraction of sp³-hybridized carbons (Fsp3) is 0.625. The Bertz CT molecular complexity index is 168. The van der Waals surface area contributed by atoms with Crippen molar-refractivity contribution in [1.82, 2.24) is 0 Å². The van der Waals surface area contributed by atoms with Gasteiger partial charge in [0, 0.05) is 12.4 Å². The molecular formula is C8H11NOS. The van der Waals surface area contributed by atoms with Crippen molar-refractivity contribution in [3.63, 3.8) is 0 Å². The van der Waals surface area contributed by atoms with Crippen LogP contribution < -0.4 is 0 Å². The van der Waals surface area contributed by atoms with Crippen LogP contribution in [0.25, 0.3) is 0 Å². The minimum Gasteiger partial charge on any atom is -0.365 e. The Morgan fingerprint density at radius 3 is 2.91 bits per heavy atom. The fourth-order valence-electron chi connectivity index (χ4n) is 0.517. The van der Waals surface area contributed by atoms with Crippen molar-refractivity contribution < 1.29 is 4.74 Å². The Hall–Kier alpha value is -0.640. The van der Waals surface area contributed by atoms with E-state index in [0.29, 0.717) is 12.4 Å². The van der Waals surface area contributed by atoms with Gasteiger partial charge in [-0.05, 0) is 18.2 Å². The molecule has 0 radical (unpaired) electrons. The molecule has 0 aliphatic rings. The van der Waals surface area contributed by atoms with Gasteiger partial charge in [0.25, 0.3) is 0 Å². The molecule has 11 heavy (non-hydrogen) atoms. The Kier molecular flexibility index (Phi) is 7.03. The predicted molar refractivity (Wildman–Crippen MR) is 46.9 cm³/mol. The van der Waals surface area contributed by atoms with Crippen LogP contribution in [0.15, 0.2) is 0 Å². The van der Waals surface area contributed by atoms with Crippen LogP contribution >= 0.6 is 11.8 Å². The topological polar surface area (TPSA) is 33.0 Å². The van der Waals surface area contributed by atoms with Gasteiger partial charge in [-0.2, -0.15) is 5.26 Å². The summed E-state index contributed by atoms with van der Waals surface area (Å²) >= 11 is 1.13. The number of hydrogen-bond acceptors (Lipinski definition) is 3. The smallest absolute Gasteiger partial charge is 0.133 e. The summed E-state index contributed by atoms with van der Waals surface area (Å²) < 4.78 is 5.23. The molecular weight excluding hydrogens is 158 g/mol. The van der Waals surface area contributed by atoms with Gasteiger partial charge in [0.2, 0.25) is 0 Å². The summed E-state index contributed by atoms with van der Waals surface area (Å²) in [5.41, 5.74) is 0. The van der Waals surface area contributed by atoms with Gasteiger partial charge in [0.05, 0.1) is 0 Å². The average Bonchev–Trinajstić information content (AvgIpc) is 2.05. The molecule has 0 amide bonds. The third-order valence-electron chi connectivity index (χ3n) is 1.01. The molecule has 0 aromatic carbocycles. The van der Waals surface area contributed by atoms with E-state index in [1.54, 1.807) is 0 Å². The molecule has 0 bridgehead atoms. The lowest BCUT2D eigenvalue weighted by Gasteiger charge is -2.07. The molecule has 0 saturated heterocycles. The van der Waals surface area contributed by atoms with Crippen LogP contribution in [0.4, 0.5) is 0 Å². The van der Waals surface area contributed by atoms with Crippen molar-refractivity contribution in [3.05, 3.63) is 0 Å². The highest BCUT2D eigenvalue weighted by Gasteiger charge is 2.03. The first-order valence-electron chi connectivity index (χ1n) is 3.43. The predicted octanol–water partition coefficient (Wildman–Crippen LogP) is 1.63. The number of rotatable bonds is 5. The number of nitrogens with zero attached hydrogens (tertiary/aromatic N) is 1. The first kappa shape index (κ1) is 10.4. The second-order valence-electron chi connectivity index (χ2n) is 1.93. The van der Waals surface area contributed by atoms with Gasteiger partial charge in [-0.25, -0.2) is 0 Å². The minimum absolute atomic E-state index is 0.209. The van der Waals surface area contributed by atoms with Gasteiger partial charge < -0.3 is 4.74 Å². The lowest BCUT2D eigenvalue weighted by Crippen LogP contribution is -2.13. The maximum atomic E-state index is 8.22. The van der Waals surface area contributed by atoms with E-state index < -0.39 is 0 Å². The molecule has 0 aromatic rings. The number of ether oxygens (including phenoxy) is 1. The van der Waals surface area contributed by atoms with E-state index in [1.807, 2.05) is 12.3 Å². The van der Waals surface area contributed by atoms with Crippen LogP contribution in [0, 0.1) is 23.0 Å². The number of hydrogen-bond donors (Lipinski definition) is 0. The number of thioether (sulfide) groups is 1. The second-order valence-corrected chi connectivity index (χ2v) is 2.73. The van der Waals surface area contributed by atoms with Crippen LogP contribution in [0.1, 0.15) is 13.3 Å². The molecule has 2 nitrogen and oxygen atoms in total. The molecule has 1 atom stereocenters. The van der Waals surface area contributed by atoms with Gasteiger partial charge in [-0.3, -0.25) is 0 Å². The first-order chi connectivity index (χ1) is 5.35. The zero-order chi connectivity index (χ0) is 8.53. The van der Waals surface area contributed by atoms with Gasteiger partial charge in [0.1, 0.15) is 11.5 Å². The second kappa shape index (κ2) is 7.47.